The van der Waals surface area contributed by atoms with Gasteiger partial charge < -0.3 is 15.7 Å². The third kappa shape index (κ3) is 4.32. The molecule has 31 heavy (non-hydrogen) atoms. The van der Waals surface area contributed by atoms with Crippen molar-refractivity contribution in [2.24, 2.45) is 0 Å². The topological polar surface area (TPSA) is 79.2 Å². The van der Waals surface area contributed by atoms with Crippen molar-refractivity contribution in [3.05, 3.63) is 70.4 Å². The molecule has 1 amide bonds. The fourth-order valence-corrected chi connectivity index (χ4v) is 3.67. The van der Waals surface area contributed by atoms with Gasteiger partial charge in [0.2, 0.25) is 0 Å². The molecular formula is C21H18ClF3N4O2. The van der Waals surface area contributed by atoms with E-state index in [-0.39, 0.29) is 34.4 Å². The molecule has 0 spiro atoms. The van der Waals surface area contributed by atoms with Crippen LogP contribution in [0.5, 0.6) is 5.75 Å². The summed E-state index contributed by atoms with van der Waals surface area (Å²) < 4.78 is 42.2. The number of rotatable bonds is 3. The summed E-state index contributed by atoms with van der Waals surface area (Å²) in [4.78, 5) is 12.6. The van der Waals surface area contributed by atoms with E-state index in [0.717, 1.165) is 10.2 Å². The molecule has 0 saturated carbocycles. The van der Waals surface area contributed by atoms with Crippen LogP contribution < -0.4 is 10.6 Å². The number of phenolic OH excluding ortho intramolecular Hbond substituents is 1. The van der Waals surface area contributed by atoms with Crippen molar-refractivity contribution in [2.75, 3.05) is 10.6 Å². The largest absolute Gasteiger partial charge is 0.506 e. The van der Waals surface area contributed by atoms with Gasteiger partial charge in [-0.15, -0.1) is 0 Å². The number of amides is 1. The second-order valence-corrected chi connectivity index (χ2v) is 7.81. The molecule has 0 bridgehead atoms. The molecule has 3 N–H and O–H groups in total. The van der Waals surface area contributed by atoms with E-state index in [1.54, 1.807) is 12.1 Å². The lowest BCUT2D eigenvalue weighted by atomic mass is 9.96. The molecule has 1 aliphatic rings. The number of halogens is 4. The van der Waals surface area contributed by atoms with Gasteiger partial charge >= 0.3 is 6.18 Å². The van der Waals surface area contributed by atoms with Gasteiger partial charge in [0.25, 0.3) is 5.91 Å². The Morgan fingerprint density at radius 3 is 2.61 bits per heavy atom. The molecule has 2 atom stereocenters. The number of phenols is 1. The molecule has 2 heterocycles. The van der Waals surface area contributed by atoms with Crippen LogP contribution in [0.4, 0.5) is 24.7 Å². The number of fused-ring (bicyclic) bond motifs is 1. The van der Waals surface area contributed by atoms with Crippen LogP contribution in [-0.2, 0) is 0 Å². The van der Waals surface area contributed by atoms with E-state index in [1.807, 2.05) is 19.1 Å². The van der Waals surface area contributed by atoms with Gasteiger partial charge in [-0.05, 0) is 30.7 Å². The van der Waals surface area contributed by atoms with E-state index >= 15 is 0 Å². The Bertz CT molecular complexity index is 1130. The summed E-state index contributed by atoms with van der Waals surface area (Å²) in [6.07, 6.45) is -4.82. The molecular weight excluding hydrogens is 433 g/mol. The fourth-order valence-electron chi connectivity index (χ4n) is 3.50. The number of benzene rings is 2. The highest BCUT2D eigenvalue weighted by atomic mass is 35.5. The van der Waals surface area contributed by atoms with Gasteiger partial charge in [-0.3, -0.25) is 4.79 Å². The van der Waals surface area contributed by atoms with Crippen LogP contribution >= 0.6 is 11.6 Å². The smallest absolute Gasteiger partial charge is 0.410 e. The van der Waals surface area contributed by atoms with Crippen molar-refractivity contribution in [3.8, 4) is 5.75 Å². The molecule has 162 valence electrons. The molecule has 0 unspecified atom stereocenters. The van der Waals surface area contributed by atoms with Crippen LogP contribution in [0.15, 0.2) is 48.5 Å². The first-order valence-electron chi connectivity index (χ1n) is 9.41. The summed E-state index contributed by atoms with van der Waals surface area (Å²) in [5, 5.41) is 19.5. The maximum atomic E-state index is 13.8. The number of alkyl halides is 3. The first-order valence-corrected chi connectivity index (χ1v) is 9.79. The Morgan fingerprint density at radius 1 is 1.23 bits per heavy atom. The van der Waals surface area contributed by atoms with Crippen molar-refractivity contribution in [2.45, 2.75) is 31.6 Å². The molecule has 0 aliphatic carbocycles. The van der Waals surface area contributed by atoms with Crippen LogP contribution in [0, 0.1) is 6.92 Å². The molecule has 0 fully saturated rings. The average molecular weight is 451 g/mol. The van der Waals surface area contributed by atoms with Crippen molar-refractivity contribution in [1.29, 1.82) is 0 Å². The first-order chi connectivity index (χ1) is 14.6. The number of nitrogens with zero attached hydrogens (tertiary/aromatic N) is 2. The first kappa shape index (κ1) is 21.0. The number of carbonyl (C=O) groups excluding carboxylic acids is 1. The van der Waals surface area contributed by atoms with Gasteiger partial charge in [-0.25, -0.2) is 4.68 Å². The lowest BCUT2D eigenvalue weighted by Gasteiger charge is -2.33. The Kier molecular flexibility index (Phi) is 5.30. The summed E-state index contributed by atoms with van der Waals surface area (Å²) in [5.74, 6) is -0.916. The standard InChI is InChI=1S/C21H18ClF3N4O2/c1-11-2-4-12(5-3-11)14-9-18(21(23,24)25)29-19(26-14)10-16(28-29)20(31)27-15-8-13(22)6-7-17(15)30/h2-8,10,14,18,26,30H,9H2,1H3,(H,27,31)/t14-,18+/m0/s1. The third-order valence-electron chi connectivity index (χ3n) is 5.11. The normalized spacial score (nSPS) is 18.2. The Hall–Kier alpha value is -3.20. The van der Waals surface area contributed by atoms with Gasteiger partial charge in [0, 0.05) is 17.5 Å². The monoisotopic (exact) mass is 450 g/mol. The van der Waals surface area contributed by atoms with Crippen molar-refractivity contribution >= 4 is 29.0 Å². The molecule has 4 rings (SSSR count). The number of aromatic nitrogens is 2. The number of aryl methyl sites for hydroxylation is 1. The van der Waals surface area contributed by atoms with E-state index in [2.05, 4.69) is 15.7 Å². The van der Waals surface area contributed by atoms with E-state index in [1.165, 1.54) is 24.3 Å². The lowest BCUT2D eigenvalue weighted by Crippen LogP contribution is -2.35. The van der Waals surface area contributed by atoms with Crippen molar-refractivity contribution in [1.82, 2.24) is 9.78 Å². The zero-order valence-electron chi connectivity index (χ0n) is 16.2. The van der Waals surface area contributed by atoms with Gasteiger partial charge in [-0.2, -0.15) is 18.3 Å². The predicted octanol–water partition coefficient (Wildman–Crippen LogP) is 5.46. The van der Waals surface area contributed by atoms with E-state index < -0.39 is 24.2 Å². The van der Waals surface area contributed by atoms with Crippen LogP contribution in [-0.4, -0.2) is 27.0 Å². The molecule has 10 heteroatoms. The number of hydrogen-bond donors (Lipinski definition) is 3. The Labute approximate surface area is 180 Å². The van der Waals surface area contributed by atoms with Crippen LogP contribution in [0.3, 0.4) is 0 Å². The quantitative estimate of drug-likeness (QED) is 0.463. The van der Waals surface area contributed by atoms with Crippen molar-refractivity contribution in [3.63, 3.8) is 0 Å². The average Bonchev–Trinajstić information content (AvgIpc) is 3.14. The number of hydrogen-bond acceptors (Lipinski definition) is 4. The van der Waals surface area contributed by atoms with Gasteiger partial charge in [0.1, 0.15) is 11.6 Å². The van der Waals surface area contributed by atoms with Crippen LogP contribution in [0.1, 0.15) is 40.1 Å². The maximum Gasteiger partial charge on any atom is 0.410 e. The molecule has 2 aromatic carbocycles. The summed E-state index contributed by atoms with van der Waals surface area (Å²) in [5.41, 5.74) is 1.52. The fraction of sp³-hybridized carbons (Fsp3) is 0.238. The Balaban J connectivity index is 1.65. The molecule has 3 aromatic rings. The molecule has 0 radical (unpaired) electrons. The molecule has 0 saturated heterocycles. The lowest BCUT2D eigenvalue weighted by molar-refractivity contribution is -0.173. The second kappa shape index (κ2) is 7.81. The van der Waals surface area contributed by atoms with Gasteiger partial charge in [-0.1, -0.05) is 41.4 Å². The zero-order valence-corrected chi connectivity index (χ0v) is 17.0. The maximum absolute atomic E-state index is 13.8. The predicted molar refractivity (Wildman–Crippen MR) is 111 cm³/mol. The number of nitrogens with one attached hydrogen (secondary N) is 2. The second-order valence-electron chi connectivity index (χ2n) is 7.38. The number of anilines is 2. The highest BCUT2D eigenvalue weighted by Gasteiger charge is 2.46. The summed E-state index contributed by atoms with van der Waals surface area (Å²) >= 11 is 5.86. The molecule has 1 aromatic heterocycles. The molecule has 1 aliphatic heterocycles. The minimum absolute atomic E-state index is 0.0290. The number of carbonyl (C=O) groups is 1. The third-order valence-corrected chi connectivity index (χ3v) is 5.34. The SMILES string of the molecule is Cc1ccc([C@@H]2C[C@H](C(F)(F)F)n3nc(C(=O)Nc4cc(Cl)ccc4O)cc3N2)cc1. The van der Waals surface area contributed by atoms with Gasteiger partial charge in [0.05, 0.1) is 11.7 Å². The van der Waals surface area contributed by atoms with E-state index in [9.17, 15) is 23.1 Å². The Morgan fingerprint density at radius 2 is 1.94 bits per heavy atom. The van der Waals surface area contributed by atoms with Crippen LogP contribution in [0.2, 0.25) is 5.02 Å². The zero-order chi connectivity index (χ0) is 22.3. The minimum Gasteiger partial charge on any atom is -0.506 e. The van der Waals surface area contributed by atoms with E-state index in [4.69, 9.17) is 11.6 Å². The van der Waals surface area contributed by atoms with Gasteiger partial charge in [0.15, 0.2) is 11.7 Å². The highest BCUT2D eigenvalue weighted by Crippen LogP contribution is 2.43. The van der Waals surface area contributed by atoms with E-state index in [0.29, 0.717) is 5.56 Å². The van der Waals surface area contributed by atoms with Crippen molar-refractivity contribution < 1.29 is 23.1 Å². The highest BCUT2D eigenvalue weighted by molar-refractivity contribution is 6.31. The minimum atomic E-state index is -4.55. The number of aromatic hydroxyl groups is 1. The summed E-state index contributed by atoms with van der Waals surface area (Å²) in [7, 11) is 0. The summed E-state index contributed by atoms with van der Waals surface area (Å²) in [6.45, 7) is 1.90. The summed E-state index contributed by atoms with van der Waals surface area (Å²) in [6, 6.07) is 10.1. The van der Waals surface area contributed by atoms with Crippen LogP contribution in [0.25, 0.3) is 0 Å². The molecule has 6 nitrogen and oxygen atoms in total.